The summed E-state index contributed by atoms with van der Waals surface area (Å²) in [6.07, 6.45) is 5.67. The van der Waals surface area contributed by atoms with Crippen LogP contribution in [-0.2, 0) is 4.74 Å². The van der Waals surface area contributed by atoms with E-state index >= 15 is 0 Å². The van der Waals surface area contributed by atoms with Gasteiger partial charge >= 0.3 is 0 Å². The maximum absolute atomic E-state index is 12.7. The number of rotatable bonds is 4. The number of nitrogens with zero attached hydrogens (tertiary/aromatic N) is 3. The Labute approximate surface area is 153 Å². The lowest BCUT2D eigenvalue weighted by Gasteiger charge is -2.30. The zero-order valence-electron chi connectivity index (χ0n) is 14.9. The van der Waals surface area contributed by atoms with E-state index in [9.17, 15) is 4.79 Å². The first-order valence-electron chi connectivity index (χ1n) is 9.24. The third-order valence-electron chi connectivity index (χ3n) is 4.99. The van der Waals surface area contributed by atoms with E-state index in [1.54, 1.807) is 24.5 Å². The number of ether oxygens (including phenoxy) is 1. The third kappa shape index (κ3) is 3.65. The fourth-order valence-corrected chi connectivity index (χ4v) is 3.57. The molecule has 2 aliphatic heterocycles. The van der Waals surface area contributed by atoms with Crippen LogP contribution in [0.3, 0.4) is 0 Å². The number of hydrogen-bond acceptors (Lipinski definition) is 5. The van der Waals surface area contributed by atoms with Crippen LogP contribution in [0.5, 0.6) is 0 Å². The molecule has 4 rings (SSSR count). The van der Waals surface area contributed by atoms with Crippen molar-refractivity contribution in [3.63, 3.8) is 0 Å². The fraction of sp³-hybridized carbons (Fsp3) is 0.400. The Morgan fingerprint density at radius 3 is 2.42 bits per heavy atom. The number of carbonyl (C=O) groups excluding carboxylic acids is 1. The summed E-state index contributed by atoms with van der Waals surface area (Å²) in [6, 6.07) is 9.85. The van der Waals surface area contributed by atoms with E-state index in [0.717, 1.165) is 56.5 Å². The van der Waals surface area contributed by atoms with Crippen molar-refractivity contribution in [1.82, 2.24) is 4.98 Å². The zero-order valence-corrected chi connectivity index (χ0v) is 14.9. The summed E-state index contributed by atoms with van der Waals surface area (Å²) in [7, 11) is 0. The lowest BCUT2D eigenvalue weighted by atomic mass is 10.1. The van der Waals surface area contributed by atoms with Crippen LogP contribution in [0.4, 0.5) is 17.1 Å². The third-order valence-corrected chi connectivity index (χ3v) is 4.99. The van der Waals surface area contributed by atoms with Gasteiger partial charge in [0.05, 0.1) is 24.6 Å². The molecule has 3 heterocycles. The highest BCUT2D eigenvalue weighted by molar-refractivity contribution is 6.06. The predicted octanol–water partition coefficient (Wildman–Crippen LogP) is 2.77. The van der Waals surface area contributed by atoms with Gasteiger partial charge in [0.1, 0.15) is 0 Å². The van der Waals surface area contributed by atoms with Gasteiger partial charge in [-0.05, 0) is 43.2 Å². The molecule has 2 aliphatic rings. The minimum atomic E-state index is -0.105. The van der Waals surface area contributed by atoms with Gasteiger partial charge in [-0.3, -0.25) is 9.78 Å². The number of hydrogen-bond donors (Lipinski definition) is 1. The highest BCUT2D eigenvalue weighted by atomic mass is 16.5. The number of morpholine rings is 1. The second kappa shape index (κ2) is 7.74. The molecular formula is C20H24N4O2. The van der Waals surface area contributed by atoms with Gasteiger partial charge in [-0.25, -0.2) is 0 Å². The highest BCUT2D eigenvalue weighted by Gasteiger charge is 2.20. The highest BCUT2D eigenvalue weighted by Crippen LogP contribution is 2.33. The molecule has 2 fully saturated rings. The van der Waals surface area contributed by atoms with Crippen LogP contribution in [0.15, 0.2) is 42.7 Å². The summed E-state index contributed by atoms with van der Waals surface area (Å²) >= 11 is 0. The molecule has 0 bridgehead atoms. The average molecular weight is 352 g/mol. The van der Waals surface area contributed by atoms with Crippen molar-refractivity contribution in [1.29, 1.82) is 0 Å². The van der Waals surface area contributed by atoms with E-state index in [1.807, 2.05) is 0 Å². The Kier molecular flexibility index (Phi) is 5.02. The maximum Gasteiger partial charge on any atom is 0.255 e. The molecule has 136 valence electrons. The molecule has 1 N–H and O–H groups in total. The largest absolute Gasteiger partial charge is 0.378 e. The van der Waals surface area contributed by atoms with E-state index in [1.165, 1.54) is 12.8 Å². The van der Waals surface area contributed by atoms with Gasteiger partial charge in [0, 0.05) is 49.8 Å². The lowest BCUT2D eigenvalue weighted by Crippen LogP contribution is -2.36. The Balaban J connectivity index is 1.63. The molecule has 26 heavy (non-hydrogen) atoms. The predicted molar refractivity (Wildman–Crippen MR) is 103 cm³/mol. The van der Waals surface area contributed by atoms with Gasteiger partial charge in [0.2, 0.25) is 0 Å². The Hall–Kier alpha value is -2.60. The van der Waals surface area contributed by atoms with Crippen molar-refractivity contribution in [2.24, 2.45) is 0 Å². The summed E-state index contributed by atoms with van der Waals surface area (Å²) in [6.45, 7) is 5.31. The number of anilines is 3. The minimum Gasteiger partial charge on any atom is -0.378 e. The van der Waals surface area contributed by atoms with E-state index < -0.39 is 0 Å². The van der Waals surface area contributed by atoms with Crippen molar-refractivity contribution in [3.8, 4) is 0 Å². The molecule has 0 radical (unpaired) electrons. The normalized spacial score (nSPS) is 17.4. The van der Waals surface area contributed by atoms with Crippen LogP contribution >= 0.6 is 0 Å². The zero-order chi connectivity index (χ0) is 17.8. The number of aromatic nitrogens is 1. The monoisotopic (exact) mass is 352 g/mol. The SMILES string of the molecule is O=C(Nc1cc(N2CCOCC2)ccc1N1CCCC1)c1ccncc1. The van der Waals surface area contributed by atoms with Gasteiger partial charge in [0.15, 0.2) is 0 Å². The van der Waals surface area contributed by atoms with E-state index in [2.05, 4.69) is 38.3 Å². The van der Waals surface area contributed by atoms with Crippen molar-refractivity contribution < 1.29 is 9.53 Å². The van der Waals surface area contributed by atoms with Crippen molar-refractivity contribution >= 4 is 23.0 Å². The number of benzene rings is 1. The van der Waals surface area contributed by atoms with E-state index in [-0.39, 0.29) is 5.91 Å². The summed E-state index contributed by atoms with van der Waals surface area (Å²) < 4.78 is 5.45. The molecule has 0 saturated carbocycles. The quantitative estimate of drug-likeness (QED) is 0.917. The van der Waals surface area contributed by atoms with Gasteiger partial charge in [0.25, 0.3) is 5.91 Å². The molecule has 1 aromatic heterocycles. The van der Waals surface area contributed by atoms with Crippen LogP contribution in [0, 0.1) is 0 Å². The first-order valence-corrected chi connectivity index (χ1v) is 9.24. The first-order chi connectivity index (χ1) is 12.8. The second-order valence-electron chi connectivity index (χ2n) is 6.69. The van der Waals surface area contributed by atoms with E-state index in [4.69, 9.17) is 4.74 Å². The van der Waals surface area contributed by atoms with Crippen molar-refractivity contribution in [2.45, 2.75) is 12.8 Å². The van der Waals surface area contributed by atoms with Crippen LogP contribution < -0.4 is 15.1 Å². The Morgan fingerprint density at radius 1 is 0.962 bits per heavy atom. The Morgan fingerprint density at radius 2 is 1.69 bits per heavy atom. The van der Waals surface area contributed by atoms with Gasteiger partial charge in [-0.1, -0.05) is 0 Å². The molecule has 6 heteroatoms. The van der Waals surface area contributed by atoms with Crippen molar-refractivity contribution in [3.05, 3.63) is 48.3 Å². The maximum atomic E-state index is 12.7. The standard InChI is InChI=1S/C20H24N4O2/c25-20(16-5-7-21-8-6-16)22-18-15-17(23-11-13-26-14-12-23)3-4-19(18)24-9-1-2-10-24/h3-8,15H,1-2,9-14H2,(H,22,25). The molecule has 0 spiro atoms. The van der Waals surface area contributed by atoms with Crippen LogP contribution in [-0.4, -0.2) is 50.3 Å². The number of nitrogens with one attached hydrogen (secondary N) is 1. The summed E-state index contributed by atoms with van der Waals surface area (Å²) in [5.74, 6) is -0.105. The second-order valence-corrected chi connectivity index (χ2v) is 6.69. The Bertz CT molecular complexity index is 754. The number of carbonyl (C=O) groups is 1. The molecule has 2 saturated heterocycles. The van der Waals surface area contributed by atoms with Gasteiger partial charge in [-0.15, -0.1) is 0 Å². The molecule has 1 aromatic carbocycles. The van der Waals surface area contributed by atoms with Gasteiger partial charge in [-0.2, -0.15) is 0 Å². The van der Waals surface area contributed by atoms with Gasteiger partial charge < -0.3 is 19.9 Å². The topological polar surface area (TPSA) is 57.7 Å². The average Bonchev–Trinajstić information content (AvgIpc) is 3.24. The van der Waals surface area contributed by atoms with Crippen LogP contribution in [0.1, 0.15) is 23.2 Å². The lowest BCUT2D eigenvalue weighted by molar-refractivity contribution is 0.102. The molecule has 2 aromatic rings. The molecular weight excluding hydrogens is 328 g/mol. The van der Waals surface area contributed by atoms with E-state index in [0.29, 0.717) is 5.56 Å². The number of pyridine rings is 1. The smallest absolute Gasteiger partial charge is 0.255 e. The molecule has 0 atom stereocenters. The summed E-state index contributed by atoms with van der Waals surface area (Å²) in [5.41, 5.74) is 3.71. The minimum absolute atomic E-state index is 0.105. The molecule has 0 unspecified atom stereocenters. The van der Waals surface area contributed by atoms with Crippen LogP contribution in [0.2, 0.25) is 0 Å². The van der Waals surface area contributed by atoms with Crippen molar-refractivity contribution in [2.75, 3.05) is 54.5 Å². The first kappa shape index (κ1) is 16.8. The summed E-state index contributed by atoms with van der Waals surface area (Å²) in [4.78, 5) is 21.3. The summed E-state index contributed by atoms with van der Waals surface area (Å²) in [5, 5.41) is 3.12. The molecule has 0 aliphatic carbocycles. The molecule has 6 nitrogen and oxygen atoms in total. The fourth-order valence-electron chi connectivity index (χ4n) is 3.57. The number of amides is 1. The molecule has 1 amide bonds. The van der Waals surface area contributed by atoms with Crippen LogP contribution in [0.25, 0.3) is 0 Å².